The van der Waals surface area contributed by atoms with E-state index in [1.165, 1.54) is 23.5 Å². The molecule has 1 aliphatic heterocycles. The van der Waals surface area contributed by atoms with Crippen molar-refractivity contribution in [3.05, 3.63) is 42.5 Å². The standard InChI is InChI=1S/C17H16N2O3S2/c20-24(21,22)12-7-8-15(19-9-3-4-10-19)13(11-12)17-18-14-5-1-2-6-16(14)23-17/h1-2,5-8,11H,3-4,9-10H2,(H,20,21,22). The van der Waals surface area contributed by atoms with E-state index in [9.17, 15) is 13.0 Å². The normalized spacial score (nSPS) is 15.3. The number of benzene rings is 2. The molecule has 0 saturated carbocycles. The number of para-hydroxylation sites is 1. The molecule has 4 rings (SSSR count). The number of nitrogens with zero attached hydrogens (tertiary/aromatic N) is 2. The summed E-state index contributed by atoms with van der Waals surface area (Å²) in [6, 6.07) is 12.6. The van der Waals surface area contributed by atoms with E-state index < -0.39 is 10.1 Å². The highest BCUT2D eigenvalue weighted by Gasteiger charge is 2.21. The highest BCUT2D eigenvalue weighted by molar-refractivity contribution is 7.85. The summed E-state index contributed by atoms with van der Waals surface area (Å²) in [6.07, 6.45) is 2.25. The lowest BCUT2D eigenvalue weighted by Crippen LogP contribution is -2.18. The van der Waals surface area contributed by atoms with Crippen LogP contribution in [0.5, 0.6) is 0 Å². The summed E-state index contributed by atoms with van der Waals surface area (Å²) in [5.74, 6) is 0. The van der Waals surface area contributed by atoms with E-state index in [-0.39, 0.29) is 4.90 Å². The molecule has 1 aliphatic rings. The van der Waals surface area contributed by atoms with Crippen LogP contribution in [0.4, 0.5) is 5.69 Å². The van der Waals surface area contributed by atoms with Gasteiger partial charge in [0, 0.05) is 24.3 Å². The number of hydrogen-bond donors (Lipinski definition) is 1. The fourth-order valence-electron chi connectivity index (χ4n) is 3.07. The van der Waals surface area contributed by atoms with Gasteiger partial charge >= 0.3 is 0 Å². The van der Waals surface area contributed by atoms with E-state index in [0.717, 1.165) is 52.4 Å². The highest BCUT2D eigenvalue weighted by Crippen LogP contribution is 2.38. The number of thiazole rings is 1. The predicted octanol–water partition coefficient (Wildman–Crippen LogP) is 3.81. The fourth-order valence-corrected chi connectivity index (χ4v) is 4.57. The number of aromatic nitrogens is 1. The topological polar surface area (TPSA) is 70.5 Å². The zero-order valence-electron chi connectivity index (χ0n) is 12.8. The minimum absolute atomic E-state index is 0.0975. The van der Waals surface area contributed by atoms with E-state index in [1.54, 1.807) is 6.07 Å². The smallest absolute Gasteiger partial charge is 0.294 e. The van der Waals surface area contributed by atoms with E-state index >= 15 is 0 Å². The van der Waals surface area contributed by atoms with Crippen LogP contribution < -0.4 is 4.90 Å². The fraction of sp³-hybridized carbons (Fsp3) is 0.235. The van der Waals surface area contributed by atoms with Crippen LogP contribution in [0.15, 0.2) is 47.4 Å². The molecule has 3 aromatic rings. The maximum absolute atomic E-state index is 11.5. The molecular formula is C17H16N2O3S2. The molecule has 124 valence electrons. The summed E-state index contributed by atoms with van der Waals surface area (Å²) >= 11 is 1.53. The van der Waals surface area contributed by atoms with Crippen molar-refractivity contribution in [1.82, 2.24) is 4.98 Å². The zero-order chi connectivity index (χ0) is 16.7. The first-order valence-corrected chi connectivity index (χ1v) is 10.0. The van der Waals surface area contributed by atoms with Crippen LogP contribution in [0.25, 0.3) is 20.8 Å². The molecule has 2 aromatic carbocycles. The van der Waals surface area contributed by atoms with Crippen LogP contribution in [-0.2, 0) is 10.1 Å². The molecule has 0 amide bonds. The van der Waals surface area contributed by atoms with Gasteiger partial charge in [0.05, 0.1) is 15.1 Å². The Labute approximate surface area is 144 Å². The molecule has 0 spiro atoms. The second-order valence-corrected chi connectivity index (χ2v) is 8.29. The Hall–Kier alpha value is -1.96. The molecule has 7 heteroatoms. The third-order valence-corrected chi connectivity index (χ3v) is 6.16. The molecule has 1 saturated heterocycles. The summed E-state index contributed by atoms with van der Waals surface area (Å²) in [5, 5.41) is 0.767. The van der Waals surface area contributed by atoms with Crippen LogP contribution in [0.1, 0.15) is 12.8 Å². The lowest BCUT2D eigenvalue weighted by molar-refractivity contribution is 0.483. The van der Waals surface area contributed by atoms with E-state index in [0.29, 0.717) is 0 Å². The largest absolute Gasteiger partial charge is 0.371 e. The van der Waals surface area contributed by atoms with Gasteiger partial charge < -0.3 is 4.90 Å². The second kappa shape index (κ2) is 5.84. The Morgan fingerprint density at radius 3 is 2.54 bits per heavy atom. The Balaban J connectivity index is 1.92. The summed E-state index contributed by atoms with van der Waals surface area (Å²) in [7, 11) is -4.25. The van der Waals surface area contributed by atoms with E-state index in [2.05, 4.69) is 9.88 Å². The monoisotopic (exact) mass is 360 g/mol. The molecule has 24 heavy (non-hydrogen) atoms. The summed E-state index contributed by atoms with van der Waals surface area (Å²) in [5.41, 5.74) is 2.62. The van der Waals surface area contributed by atoms with Gasteiger partial charge in [0.15, 0.2) is 0 Å². The average molecular weight is 360 g/mol. The SMILES string of the molecule is O=S(=O)(O)c1ccc(N2CCCC2)c(-c2nc3ccccc3s2)c1. The Morgan fingerprint density at radius 2 is 1.83 bits per heavy atom. The van der Waals surface area contributed by atoms with Crippen molar-refractivity contribution in [3.63, 3.8) is 0 Å². The lowest BCUT2D eigenvalue weighted by Gasteiger charge is -2.21. The number of anilines is 1. The average Bonchev–Trinajstić information content (AvgIpc) is 3.22. The van der Waals surface area contributed by atoms with Crippen molar-refractivity contribution in [2.75, 3.05) is 18.0 Å². The predicted molar refractivity (Wildman–Crippen MR) is 96.3 cm³/mol. The minimum atomic E-state index is -4.25. The molecule has 0 atom stereocenters. The summed E-state index contributed by atoms with van der Waals surface area (Å²) < 4.78 is 33.5. The Morgan fingerprint density at radius 1 is 1.08 bits per heavy atom. The first-order chi connectivity index (χ1) is 11.5. The maximum Gasteiger partial charge on any atom is 0.294 e. The third kappa shape index (κ3) is 2.79. The van der Waals surface area contributed by atoms with Crippen molar-refractivity contribution in [2.24, 2.45) is 0 Å². The first kappa shape index (κ1) is 15.6. The highest BCUT2D eigenvalue weighted by atomic mass is 32.2. The molecule has 1 fully saturated rings. The van der Waals surface area contributed by atoms with Gasteiger partial charge in [0.25, 0.3) is 10.1 Å². The van der Waals surface area contributed by atoms with Gasteiger partial charge in [0.1, 0.15) is 5.01 Å². The first-order valence-electron chi connectivity index (χ1n) is 7.75. The van der Waals surface area contributed by atoms with Gasteiger partial charge in [0.2, 0.25) is 0 Å². The van der Waals surface area contributed by atoms with Crippen molar-refractivity contribution >= 4 is 37.4 Å². The van der Waals surface area contributed by atoms with Gasteiger partial charge in [-0.05, 0) is 43.2 Å². The van der Waals surface area contributed by atoms with Crippen molar-refractivity contribution < 1.29 is 13.0 Å². The molecule has 1 N–H and O–H groups in total. The van der Waals surface area contributed by atoms with Crippen LogP contribution >= 0.6 is 11.3 Å². The molecular weight excluding hydrogens is 344 g/mol. The third-order valence-electron chi connectivity index (χ3n) is 4.24. The van der Waals surface area contributed by atoms with Crippen molar-refractivity contribution in [2.45, 2.75) is 17.7 Å². The van der Waals surface area contributed by atoms with Gasteiger partial charge in [-0.1, -0.05) is 12.1 Å². The molecule has 0 aliphatic carbocycles. The summed E-state index contributed by atoms with van der Waals surface area (Å²) in [6.45, 7) is 1.90. The van der Waals surface area contributed by atoms with Gasteiger partial charge in [-0.15, -0.1) is 11.3 Å². The number of hydrogen-bond acceptors (Lipinski definition) is 5. The maximum atomic E-state index is 11.5. The van der Waals surface area contributed by atoms with E-state index in [4.69, 9.17) is 0 Å². The Kier molecular flexibility index (Phi) is 3.79. The van der Waals surface area contributed by atoms with Crippen LogP contribution in [0, 0.1) is 0 Å². The van der Waals surface area contributed by atoms with Gasteiger partial charge in [-0.2, -0.15) is 8.42 Å². The lowest BCUT2D eigenvalue weighted by atomic mass is 10.1. The Bertz CT molecular complexity index is 973. The molecule has 2 heterocycles. The molecule has 0 radical (unpaired) electrons. The molecule has 0 bridgehead atoms. The van der Waals surface area contributed by atoms with Gasteiger partial charge in [-0.3, -0.25) is 4.55 Å². The molecule has 0 unspecified atom stereocenters. The van der Waals surface area contributed by atoms with Crippen LogP contribution in [-0.4, -0.2) is 31.0 Å². The number of fused-ring (bicyclic) bond motifs is 1. The summed E-state index contributed by atoms with van der Waals surface area (Å²) in [4.78, 5) is 6.80. The van der Waals surface area contributed by atoms with Crippen molar-refractivity contribution in [1.29, 1.82) is 0 Å². The second-order valence-electron chi connectivity index (χ2n) is 5.83. The quantitative estimate of drug-likeness (QED) is 0.719. The van der Waals surface area contributed by atoms with E-state index in [1.807, 2.05) is 24.3 Å². The molecule has 1 aromatic heterocycles. The number of rotatable bonds is 3. The zero-order valence-corrected chi connectivity index (χ0v) is 14.5. The van der Waals surface area contributed by atoms with Crippen LogP contribution in [0.3, 0.4) is 0 Å². The molecule has 5 nitrogen and oxygen atoms in total. The van der Waals surface area contributed by atoms with Crippen LogP contribution in [0.2, 0.25) is 0 Å². The minimum Gasteiger partial charge on any atom is -0.371 e. The van der Waals surface area contributed by atoms with Crippen molar-refractivity contribution in [3.8, 4) is 10.6 Å². The van der Waals surface area contributed by atoms with Gasteiger partial charge in [-0.25, -0.2) is 4.98 Å².